The highest BCUT2D eigenvalue weighted by atomic mass is 19.1. The maximum atomic E-state index is 13.5. The van der Waals surface area contributed by atoms with Crippen molar-refractivity contribution in [3.8, 4) is 0 Å². The minimum atomic E-state index is -1.24. The number of nitrogens with zero attached hydrogens (tertiary/aromatic N) is 4. The minimum absolute atomic E-state index is 0.205. The summed E-state index contributed by atoms with van der Waals surface area (Å²) in [6, 6.07) is 0. The summed E-state index contributed by atoms with van der Waals surface area (Å²) >= 11 is 0. The Morgan fingerprint density at radius 1 is 1.29 bits per heavy atom. The SMILES string of the molecule is CCOCn1cnc2c1c(=O)n(CCCCC(C)(C)F)c(=O)n2C. The number of unbranched alkanes of at least 4 members (excludes halogenated alkanes) is 1. The number of hydrogen-bond acceptors (Lipinski definition) is 4. The van der Waals surface area contributed by atoms with Crippen molar-refractivity contribution < 1.29 is 9.13 Å². The number of aryl methyl sites for hydroxylation is 1. The first kappa shape index (κ1) is 18.4. The Hall–Kier alpha value is -1.96. The van der Waals surface area contributed by atoms with Gasteiger partial charge >= 0.3 is 5.69 Å². The van der Waals surface area contributed by atoms with Crippen LogP contribution in [0.2, 0.25) is 0 Å². The molecule has 2 rings (SSSR count). The molecule has 7 nitrogen and oxygen atoms in total. The molecule has 2 aromatic rings. The summed E-state index contributed by atoms with van der Waals surface area (Å²) in [5.41, 5.74) is -1.35. The van der Waals surface area contributed by atoms with Gasteiger partial charge in [-0.15, -0.1) is 0 Å². The fraction of sp³-hybridized carbons (Fsp3) is 0.688. The first-order valence-corrected chi connectivity index (χ1v) is 8.17. The zero-order valence-corrected chi connectivity index (χ0v) is 14.7. The number of ether oxygens (including phenoxy) is 1. The Morgan fingerprint density at radius 3 is 2.62 bits per heavy atom. The molecule has 0 N–H and O–H groups in total. The van der Waals surface area contributed by atoms with Gasteiger partial charge < -0.3 is 9.30 Å². The molecule has 0 atom stereocenters. The van der Waals surface area contributed by atoms with Crippen molar-refractivity contribution in [1.29, 1.82) is 0 Å². The van der Waals surface area contributed by atoms with E-state index in [0.29, 0.717) is 37.0 Å². The van der Waals surface area contributed by atoms with Crippen LogP contribution < -0.4 is 11.2 Å². The van der Waals surface area contributed by atoms with E-state index in [1.807, 2.05) is 6.92 Å². The molecule has 0 radical (unpaired) electrons. The highest BCUT2D eigenvalue weighted by Crippen LogP contribution is 2.17. The van der Waals surface area contributed by atoms with Crippen LogP contribution in [0.4, 0.5) is 4.39 Å². The van der Waals surface area contributed by atoms with Gasteiger partial charge in [-0.05, 0) is 40.0 Å². The second-order valence-corrected chi connectivity index (χ2v) is 6.48. The number of aromatic nitrogens is 4. The first-order chi connectivity index (χ1) is 11.3. The van der Waals surface area contributed by atoms with Gasteiger partial charge in [0, 0.05) is 20.2 Å². The van der Waals surface area contributed by atoms with Gasteiger partial charge in [0.1, 0.15) is 12.4 Å². The third-order valence-corrected chi connectivity index (χ3v) is 3.94. The van der Waals surface area contributed by atoms with Crippen molar-refractivity contribution in [2.45, 2.75) is 59.0 Å². The van der Waals surface area contributed by atoms with Crippen LogP contribution in [0.25, 0.3) is 11.2 Å². The smallest absolute Gasteiger partial charge is 0.332 e. The van der Waals surface area contributed by atoms with Crippen LogP contribution in [-0.2, 0) is 25.1 Å². The maximum Gasteiger partial charge on any atom is 0.332 e. The number of alkyl halides is 1. The molecule has 134 valence electrons. The van der Waals surface area contributed by atoms with Crippen LogP contribution in [0.3, 0.4) is 0 Å². The van der Waals surface area contributed by atoms with Crippen LogP contribution >= 0.6 is 0 Å². The lowest BCUT2D eigenvalue weighted by molar-refractivity contribution is 0.0903. The molecule has 0 fully saturated rings. The average molecular weight is 340 g/mol. The molecule has 0 saturated heterocycles. The van der Waals surface area contributed by atoms with E-state index >= 15 is 0 Å². The quantitative estimate of drug-likeness (QED) is 0.687. The van der Waals surface area contributed by atoms with E-state index in [9.17, 15) is 14.0 Å². The third kappa shape index (κ3) is 3.92. The molecule has 0 aromatic carbocycles. The Labute approximate surface area is 139 Å². The lowest BCUT2D eigenvalue weighted by atomic mass is 10.0. The lowest BCUT2D eigenvalue weighted by Gasteiger charge is -2.14. The summed E-state index contributed by atoms with van der Waals surface area (Å²) in [5.74, 6) is 0. The molecule has 0 aliphatic carbocycles. The molecular weight excluding hydrogens is 315 g/mol. The van der Waals surface area contributed by atoms with Gasteiger partial charge in [0.2, 0.25) is 0 Å². The first-order valence-electron chi connectivity index (χ1n) is 8.17. The van der Waals surface area contributed by atoms with Crippen molar-refractivity contribution in [2.75, 3.05) is 6.61 Å². The van der Waals surface area contributed by atoms with E-state index in [-0.39, 0.29) is 18.8 Å². The molecule has 2 aromatic heterocycles. The highest BCUT2D eigenvalue weighted by Gasteiger charge is 2.17. The predicted molar refractivity (Wildman–Crippen MR) is 89.9 cm³/mol. The molecule has 0 spiro atoms. The van der Waals surface area contributed by atoms with Gasteiger partial charge in [-0.1, -0.05) is 0 Å². The van der Waals surface area contributed by atoms with Gasteiger partial charge in [0.15, 0.2) is 11.2 Å². The van der Waals surface area contributed by atoms with E-state index in [2.05, 4.69) is 4.98 Å². The van der Waals surface area contributed by atoms with Crippen molar-refractivity contribution >= 4 is 11.2 Å². The third-order valence-electron chi connectivity index (χ3n) is 3.94. The van der Waals surface area contributed by atoms with E-state index in [0.717, 1.165) is 0 Å². The second-order valence-electron chi connectivity index (χ2n) is 6.48. The van der Waals surface area contributed by atoms with E-state index in [1.54, 1.807) is 11.6 Å². The fourth-order valence-electron chi connectivity index (χ4n) is 2.62. The van der Waals surface area contributed by atoms with Crippen LogP contribution in [-0.4, -0.2) is 31.0 Å². The standard InChI is InChI=1S/C16H25FN4O3/c1-5-24-11-20-10-18-13-12(20)14(22)21(15(23)19(13)4)9-7-6-8-16(2,3)17/h10H,5-9,11H2,1-4H3. The van der Waals surface area contributed by atoms with E-state index in [1.165, 1.54) is 29.3 Å². The maximum absolute atomic E-state index is 13.5. The normalized spacial score (nSPS) is 12.2. The minimum Gasteiger partial charge on any atom is -0.361 e. The summed E-state index contributed by atoms with van der Waals surface area (Å²) in [6.07, 6.45) is 3.06. The Kier molecular flexibility index (Phi) is 5.58. The highest BCUT2D eigenvalue weighted by molar-refractivity contribution is 5.69. The Balaban J connectivity index is 2.32. The van der Waals surface area contributed by atoms with Crippen LogP contribution in [0.5, 0.6) is 0 Å². The van der Waals surface area contributed by atoms with Gasteiger partial charge in [-0.2, -0.15) is 0 Å². The van der Waals surface area contributed by atoms with Crippen molar-refractivity contribution in [1.82, 2.24) is 18.7 Å². The zero-order valence-electron chi connectivity index (χ0n) is 14.7. The van der Waals surface area contributed by atoms with Gasteiger partial charge in [-0.3, -0.25) is 13.9 Å². The molecule has 0 saturated carbocycles. The average Bonchev–Trinajstić information content (AvgIpc) is 2.93. The fourth-order valence-corrected chi connectivity index (χ4v) is 2.62. The Morgan fingerprint density at radius 2 is 2.00 bits per heavy atom. The van der Waals surface area contributed by atoms with Crippen LogP contribution in [0.15, 0.2) is 15.9 Å². The summed E-state index contributed by atoms with van der Waals surface area (Å²) < 4.78 is 23.0. The summed E-state index contributed by atoms with van der Waals surface area (Å²) in [5, 5.41) is 0. The van der Waals surface area contributed by atoms with Gasteiger partial charge in [0.05, 0.1) is 6.33 Å². The number of imidazole rings is 1. The van der Waals surface area contributed by atoms with Gasteiger partial charge in [0.25, 0.3) is 5.56 Å². The second kappa shape index (κ2) is 7.29. The number of rotatable bonds is 8. The van der Waals surface area contributed by atoms with Gasteiger partial charge in [-0.25, -0.2) is 14.2 Å². The van der Waals surface area contributed by atoms with E-state index < -0.39 is 11.4 Å². The molecule has 24 heavy (non-hydrogen) atoms. The number of halogens is 1. The number of fused-ring (bicyclic) bond motifs is 1. The van der Waals surface area contributed by atoms with Crippen molar-refractivity contribution in [3.63, 3.8) is 0 Å². The molecule has 0 aliphatic rings. The molecule has 0 aliphatic heterocycles. The molecular formula is C16H25FN4O3. The topological polar surface area (TPSA) is 71.1 Å². The van der Waals surface area contributed by atoms with Crippen LogP contribution in [0, 0.1) is 0 Å². The molecule has 8 heteroatoms. The summed E-state index contributed by atoms with van der Waals surface area (Å²) in [6.45, 7) is 5.89. The number of hydrogen-bond donors (Lipinski definition) is 0. The van der Waals surface area contributed by atoms with Crippen molar-refractivity contribution in [3.05, 3.63) is 27.2 Å². The lowest BCUT2D eigenvalue weighted by Crippen LogP contribution is -2.39. The Bertz CT molecular complexity index is 814. The summed E-state index contributed by atoms with van der Waals surface area (Å²) in [4.78, 5) is 29.2. The molecule has 0 unspecified atom stereocenters. The summed E-state index contributed by atoms with van der Waals surface area (Å²) in [7, 11) is 1.59. The van der Waals surface area contributed by atoms with E-state index in [4.69, 9.17) is 4.74 Å². The van der Waals surface area contributed by atoms with Crippen molar-refractivity contribution in [2.24, 2.45) is 7.05 Å². The van der Waals surface area contributed by atoms with Crippen LogP contribution in [0.1, 0.15) is 40.0 Å². The zero-order chi connectivity index (χ0) is 17.9. The monoisotopic (exact) mass is 340 g/mol. The molecule has 0 amide bonds. The molecule has 2 heterocycles. The largest absolute Gasteiger partial charge is 0.361 e. The molecule has 0 bridgehead atoms. The predicted octanol–water partition coefficient (Wildman–Crippen LogP) is 1.81.